The van der Waals surface area contributed by atoms with Gasteiger partial charge in [-0.2, -0.15) is 0 Å². The third-order valence-corrected chi connectivity index (χ3v) is 5.77. The first-order chi connectivity index (χ1) is 11.2. The Morgan fingerprint density at radius 2 is 1.17 bits per heavy atom. The molecular weight excluding hydrogens is 360 g/mol. The number of rotatable bonds is 5. The Morgan fingerprint density at radius 1 is 0.833 bits per heavy atom. The molecule has 0 bridgehead atoms. The first-order valence-corrected chi connectivity index (χ1v) is 8.48. The van der Waals surface area contributed by atoms with Crippen molar-refractivity contribution in [3.63, 3.8) is 0 Å². The van der Waals surface area contributed by atoms with Crippen molar-refractivity contribution < 1.29 is 19.3 Å². The molecule has 0 aliphatic carbocycles. The molecule has 0 spiro atoms. The van der Waals surface area contributed by atoms with Gasteiger partial charge >= 0.3 is 11.6 Å². The highest BCUT2D eigenvalue weighted by molar-refractivity contribution is 8.76. The fourth-order valence-electron chi connectivity index (χ4n) is 1.92. The van der Waals surface area contributed by atoms with E-state index in [9.17, 15) is 30.6 Å². The zero-order valence-electron chi connectivity index (χ0n) is 12.4. The smallest absolute Gasteiger partial charge is 0.516 e. The summed E-state index contributed by atoms with van der Waals surface area (Å²) in [6, 6.07) is 2.85. The Morgan fingerprint density at radius 3 is 1.46 bits per heavy atom. The van der Waals surface area contributed by atoms with Crippen LogP contribution in [0.25, 0.3) is 0 Å². The van der Waals surface area contributed by atoms with Gasteiger partial charge in [-0.25, -0.2) is 0 Å². The lowest BCUT2D eigenvalue weighted by Crippen LogP contribution is -2.30. The Hall–Kier alpha value is -2.60. The molecule has 2 aromatic heterocycles. The van der Waals surface area contributed by atoms with Gasteiger partial charge in [0, 0.05) is 21.9 Å². The van der Waals surface area contributed by atoms with Crippen molar-refractivity contribution in [3.05, 3.63) is 66.3 Å². The number of hydrogen-bond acceptors (Lipinski definition) is 8. The average molecular weight is 370 g/mol. The lowest BCUT2D eigenvalue weighted by molar-refractivity contribution is -0.665. The summed E-state index contributed by atoms with van der Waals surface area (Å²) in [6.45, 7) is 2.89. The van der Waals surface area contributed by atoms with E-state index in [1.807, 2.05) is 0 Å². The van der Waals surface area contributed by atoms with E-state index in [2.05, 4.69) is 0 Å². The Kier molecular flexibility index (Phi) is 5.09. The molecule has 10 nitrogen and oxygen atoms in total. The molecule has 0 saturated heterocycles. The molecule has 12 heteroatoms. The summed E-state index contributed by atoms with van der Waals surface area (Å²) in [4.78, 5) is 21.3. The normalized spacial score (nSPS) is 10.6. The first-order valence-electron chi connectivity index (χ1n) is 6.33. The molecule has 0 unspecified atom stereocenters. The molecule has 0 fully saturated rings. The van der Waals surface area contributed by atoms with Crippen LogP contribution in [0.3, 0.4) is 0 Å². The molecule has 2 aromatic rings. The maximum absolute atomic E-state index is 11.5. The predicted octanol–water partition coefficient (Wildman–Crippen LogP) is 2.19. The van der Waals surface area contributed by atoms with Crippen LogP contribution in [0.4, 0.5) is 11.6 Å². The van der Waals surface area contributed by atoms with Crippen molar-refractivity contribution in [2.24, 2.45) is 0 Å². The van der Waals surface area contributed by atoms with Gasteiger partial charge in [0.1, 0.15) is 21.0 Å². The van der Waals surface area contributed by atoms with Crippen molar-refractivity contribution in [2.75, 3.05) is 0 Å². The van der Waals surface area contributed by atoms with Gasteiger partial charge in [0.2, 0.25) is 0 Å². The molecule has 0 aromatic carbocycles. The lowest BCUT2D eigenvalue weighted by atomic mass is 10.3. The van der Waals surface area contributed by atoms with Crippen LogP contribution in [0, 0.1) is 44.5 Å². The van der Waals surface area contributed by atoms with E-state index in [1.54, 1.807) is 0 Å². The minimum atomic E-state index is -0.768. The average Bonchev–Trinajstić information content (AvgIpc) is 2.47. The van der Waals surface area contributed by atoms with E-state index in [0.29, 0.717) is 9.79 Å². The fraction of sp³-hybridized carbons (Fsp3) is 0.167. The number of hydrogen-bond donors (Lipinski definition) is 0. The highest BCUT2D eigenvalue weighted by Crippen LogP contribution is 2.42. The molecule has 126 valence electrons. The molecule has 2 heterocycles. The van der Waals surface area contributed by atoms with Crippen LogP contribution in [0.2, 0.25) is 0 Å². The second kappa shape index (κ2) is 6.88. The monoisotopic (exact) mass is 370 g/mol. The van der Waals surface area contributed by atoms with Crippen LogP contribution >= 0.6 is 21.6 Å². The van der Waals surface area contributed by atoms with Crippen LogP contribution in [0.1, 0.15) is 11.1 Å². The number of nitro groups is 2. The summed E-state index contributed by atoms with van der Waals surface area (Å²) >= 11 is 0. The van der Waals surface area contributed by atoms with Gasteiger partial charge in [0.05, 0.1) is 0 Å². The summed E-state index contributed by atoms with van der Waals surface area (Å²) in [6.07, 6.45) is 2.06. The van der Waals surface area contributed by atoms with Crippen LogP contribution in [0.5, 0.6) is 0 Å². The number of aromatic nitrogens is 2. The molecule has 0 amide bonds. The van der Waals surface area contributed by atoms with E-state index < -0.39 is 21.5 Å². The topological polar surface area (TPSA) is 140 Å². The van der Waals surface area contributed by atoms with Crippen LogP contribution in [0.15, 0.2) is 34.3 Å². The van der Waals surface area contributed by atoms with Gasteiger partial charge in [0.25, 0.3) is 0 Å². The van der Waals surface area contributed by atoms with Crippen molar-refractivity contribution in [2.45, 2.75) is 23.6 Å². The quantitative estimate of drug-likeness (QED) is 0.256. The van der Waals surface area contributed by atoms with E-state index in [-0.39, 0.29) is 20.6 Å². The van der Waals surface area contributed by atoms with Crippen molar-refractivity contribution in [1.29, 1.82) is 0 Å². The Bertz CT molecular complexity index is 775. The van der Waals surface area contributed by atoms with Crippen LogP contribution < -0.4 is 9.46 Å². The van der Waals surface area contributed by atoms with Crippen LogP contribution in [-0.2, 0) is 0 Å². The minimum absolute atomic E-state index is 0.170. The Labute approximate surface area is 143 Å². The van der Waals surface area contributed by atoms with Crippen LogP contribution in [-0.4, -0.2) is 9.85 Å². The largest absolute Gasteiger partial charge is 0.614 e. The SMILES string of the molecule is Cc1c(SSc2cc[n+]([O-])c([N+](=O)[O-])c2C)cc[n+]([O-])c1[N+](=O)[O-]. The van der Waals surface area contributed by atoms with Crippen molar-refractivity contribution >= 4 is 33.2 Å². The first kappa shape index (κ1) is 17.7. The van der Waals surface area contributed by atoms with E-state index in [4.69, 9.17) is 0 Å². The third-order valence-electron chi connectivity index (χ3n) is 3.12. The minimum Gasteiger partial charge on any atom is -0.614 e. The standard InChI is InChI=1S/C12H10N4O6S2/c1-7-9(3-5-13(17)11(7)15(19)20)23-24-10-4-6-14(18)12(8(10)2)16(21)22/h3-6H,1-2H3. The van der Waals surface area contributed by atoms with Gasteiger partial charge < -0.3 is 10.4 Å². The van der Waals surface area contributed by atoms with Crippen molar-refractivity contribution in [3.8, 4) is 0 Å². The molecule has 0 N–H and O–H groups in total. The summed E-state index contributed by atoms with van der Waals surface area (Å²) in [5.74, 6) is -1.15. The summed E-state index contributed by atoms with van der Waals surface area (Å²) in [7, 11) is 2.21. The maximum Gasteiger partial charge on any atom is 0.516 e. The molecule has 0 radical (unpaired) electrons. The van der Waals surface area contributed by atoms with Gasteiger partial charge in [-0.3, -0.25) is 20.2 Å². The van der Waals surface area contributed by atoms with Gasteiger partial charge in [-0.1, -0.05) is 21.6 Å². The zero-order chi connectivity index (χ0) is 18.0. The molecule has 0 atom stereocenters. The molecule has 0 aliphatic rings. The lowest BCUT2D eigenvalue weighted by Gasteiger charge is -2.07. The molecule has 0 aliphatic heterocycles. The van der Waals surface area contributed by atoms with E-state index in [0.717, 1.165) is 34.0 Å². The second-order valence-corrected chi connectivity index (χ2v) is 6.80. The molecule has 24 heavy (non-hydrogen) atoms. The summed E-state index contributed by atoms with van der Waals surface area (Å²) < 4.78 is 0.339. The van der Waals surface area contributed by atoms with Gasteiger partial charge in [0.15, 0.2) is 12.4 Å². The zero-order valence-corrected chi connectivity index (χ0v) is 14.0. The highest BCUT2D eigenvalue weighted by Gasteiger charge is 2.28. The van der Waals surface area contributed by atoms with Gasteiger partial charge in [-0.05, 0) is 13.8 Å². The molecular formula is C12H10N4O6S2. The van der Waals surface area contributed by atoms with E-state index in [1.165, 1.54) is 26.0 Å². The fourth-order valence-corrected chi connectivity index (χ4v) is 4.39. The Balaban J connectivity index is 2.33. The summed E-state index contributed by atoms with van der Waals surface area (Å²) in [5, 5.41) is 44.8. The third kappa shape index (κ3) is 3.33. The van der Waals surface area contributed by atoms with Gasteiger partial charge in [-0.15, -0.1) is 9.46 Å². The second-order valence-electron chi connectivity index (χ2n) is 4.59. The molecule has 0 saturated carbocycles. The predicted molar refractivity (Wildman–Crippen MR) is 85.3 cm³/mol. The summed E-state index contributed by atoms with van der Waals surface area (Å²) in [5.41, 5.74) is 0.383. The molecule has 2 rings (SSSR count). The number of pyridine rings is 2. The highest BCUT2D eigenvalue weighted by atomic mass is 33.1. The number of nitrogens with zero attached hydrogens (tertiary/aromatic N) is 4. The maximum atomic E-state index is 11.5. The van der Waals surface area contributed by atoms with E-state index >= 15 is 0 Å². The van der Waals surface area contributed by atoms with Crippen molar-refractivity contribution in [1.82, 2.24) is 0 Å².